The molecule has 2 radical (unpaired) electrons. The lowest BCUT2D eigenvalue weighted by Crippen LogP contribution is -2.01. The van der Waals surface area contributed by atoms with Crippen LogP contribution in [0, 0.1) is 4.91 Å². The molecule has 1 aromatic carbocycles. The van der Waals surface area contributed by atoms with E-state index < -0.39 is 0 Å². The highest BCUT2D eigenvalue weighted by atomic mass is 79.9. The van der Waals surface area contributed by atoms with E-state index in [4.69, 9.17) is 7.85 Å². The van der Waals surface area contributed by atoms with Crippen LogP contribution in [0.2, 0.25) is 0 Å². The van der Waals surface area contributed by atoms with Crippen LogP contribution >= 0.6 is 15.9 Å². The molecule has 0 N–H and O–H groups in total. The Labute approximate surface area is 68.1 Å². The van der Waals surface area contributed by atoms with Gasteiger partial charge >= 0.3 is 0 Å². The van der Waals surface area contributed by atoms with Crippen LogP contribution in [0.4, 0.5) is 5.69 Å². The Morgan fingerprint density at radius 1 is 1.50 bits per heavy atom. The van der Waals surface area contributed by atoms with Crippen molar-refractivity contribution in [3.8, 4) is 0 Å². The highest BCUT2D eigenvalue weighted by Crippen LogP contribution is 2.12. The average Bonchev–Trinajstić information content (AvgIpc) is 1.88. The van der Waals surface area contributed by atoms with Crippen molar-refractivity contribution in [2.24, 2.45) is 5.18 Å². The number of hydrogen-bond donors (Lipinski definition) is 0. The van der Waals surface area contributed by atoms with Gasteiger partial charge in [-0.25, -0.2) is 0 Å². The summed E-state index contributed by atoms with van der Waals surface area (Å²) >= 11 is 3.20. The fourth-order valence-electron chi connectivity index (χ4n) is 0.609. The van der Waals surface area contributed by atoms with Gasteiger partial charge in [-0.2, -0.15) is 0 Å². The molecule has 0 unspecified atom stereocenters. The van der Waals surface area contributed by atoms with E-state index in [1.54, 1.807) is 18.2 Å². The standard InChI is InChI=1S/C6H3BBrNO/c7-5-3-4(8)1-2-6(5)9-10/h1-3H. The lowest BCUT2D eigenvalue weighted by molar-refractivity contribution is 1.52. The van der Waals surface area contributed by atoms with Crippen LogP contribution in [0.5, 0.6) is 0 Å². The van der Waals surface area contributed by atoms with Crippen LogP contribution in [0.3, 0.4) is 0 Å². The Morgan fingerprint density at radius 2 is 2.20 bits per heavy atom. The van der Waals surface area contributed by atoms with Crippen molar-refractivity contribution < 1.29 is 0 Å². The van der Waals surface area contributed by atoms with Crippen molar-refractivity contribution in [1.82, 2.24) is 0 Å². The molecule has 0 saturated carbocycles. The van der Waals surface area contributed by atoms with Gasteiger partial charge in [0.2, 0.25) is 0 Å². The molecule has 48 valence electrons. The Morgan fingerprint density at radius 3 is 2.70 bits per heavy atom. The van der Waals surface area contributed by atoms with E-state index in [0.717, 1.165) is 4.47 Å². The van der Waals surface area contributed by atoms with E-state index in [1.165, 1.54) is 0 Å². The third kappa shape index (κ3) is 1.45. The third-order valence-electron chi connectivity index (χ3n) is 1.09. The van der Waals surface area contributed by atoms with Crippen LogP contribution in [0.15, 0.2) is 27.8 Å². The summed E-state index contributed by atoms with van der Waals surface area (Å²) in [5.74, 6) is 0. The minimum atomic E-state index is 0.281. The highest BCUT2D eigenvalue weighted by molar-refractivity contribution is 9.10. The molecule has 0 aliphatic carbocycles. The van der Waals surface area contributed by atoms with Gasteiger partial charge in [-0.3, -0.25) is 0 Å². The Hall–Kier alpha value is -0.635. The van der Waals surface area contributed by atoms with E-state index in [-0.39, 0.29) is 5.69 Å². The number of benzene rings is 1. The van der Waals surface area contributed by atoms with Crippen molar-refractivity contribution >= 4 is 34.9 Å². The van der Waals surface area contributed by atoms with Gasteiger partial charge in [0.05, 0.1) is 0 Å². The van der Waals surface area contributed by atoms with Crippen LogP contribution in [-0.2, 0) is 0 Å². The molecule has 0 amide bonds. The van der Waals surface area contributed by atoms with Crippen molar-refractivity contribution in [2.75, 3.05) is 0 Å². The number of rotatable bonds is 1. The molecule has 4 heteroatoms. The molecule has 0 spiro atoms. The van der Waals surface area contributed by atoms with Crippen molar-refractivity contribution in [3.63, 3.8) is 0 Å². The largest absolute Gasteiger partial charge is 0.145 e. The van der Waals surface area contributed by atoms with Gasteiger partial charge in [0, 0.05) is 4.47 Å². The molecule has 0 fully saturated rings. The molecule has 0 aliphatic rings. The molecular weight excluding hydrogens is 193 g/mol. The first-order valence-electron chi connectivity index (χ1n) is 2.62. The van der Waals surface area contributed by atoms with E-state index >= 15 is 0 Å². The van der Waals surface area contributed by atoms with Crippen molar-refractivity contribution in [3.05, 3.63) is 27.6 Å². The fourth-order valence-corrected chi connectivity index (χ4v) is 0.987. The molecule has 1 aromatic rings. The van der Waals surface area contributed by atoms with Crippen LogP contribution in [0.1, 0.15) is 0 Å². The maximum Gasteiger partial charge on any atom is 0.117 e. The quantitative estimate of drug-likeness (QED) is 0.495. The van der Waals surface area contributed by atoms with Gasteiger partial charge in [0.15, 0.2) is 0 Å². The highest BCUT2D eigenvalue weighted by Gasteiger charge is 1.95. The van der Waals surface area contributed by atoms with E-state index in [1.807, 2.05) is 0 Å². The number of hydrogen-bond acceptors (Lipinski definition) is 2. The van der Waals surface area contributed by atoms with E-state index in [2.05, 4.69) is 21.1 Å². The SMILES string of the molecule is [B]c1cc(Br)ccc1N=O. The molecule has 1 rings (SSSR count). The first kappa shape index (κ1) is 7.47. The molecule has 0 atom stereocenters. The van der Waals surface area contributed by atoms with Gasteiger partial charge < -0.3 is 0 Å². The number of nitrogens with zero attached hydrogens (tertiary/aromatic N) is 1. The molecular formula is C6H3BBrNO. The van der Waals surface area contributed by atoms with Crippen LogP contribution in [0.25, 0.3) is 0 Å². The van der Waals surface area contributed by atoms with Gasteiger partial charge in [-0.1, -0.05) is 27.5 Å². The minimum Gasteiger partial charge on any atom is -0.145 e. The molecule has 0 heterocycles. The fraction of sp³-hybridized carbons (Fsp3) is 0. The van der Waals surface area contributed by atoms with Gasteiger partial charge in [0.1, 0.15) is 13.5 Å². The second-order valence-electron chi connectivity index (χ2n) is 1.79. The minimum absolute atomic E-state index is 0.281. The molecule has 2 nitrogen and oxygen atoms in total. The summed E-state index contributed by atoms with van der Waals surface area (Å²) in [6.07, 6.45) is 0. The Bertz CT molecular complexity index is 264. The summed E-state index contributed by atoms with van der Waals surface area (Å²) in [5.41, 5.74) is 0.674. The zero-order valence-electron chi connectivity index (χ0n) is 5.04. The Balaban J connectivity index is 3.19. The second kappa shape index (κ2) is 2.97. The molecule has 0 bridgehead atoms. The Kier molecular flexibility index (Phi) is 2.22. The maximum absolute atomic E-state index is 9.99. The number of halogens is 1. The zero-order valence-corrected chi connectivity index (χ0v) is 6.63. The third-order valence-corrected chi connectivity index (χ3v) is 1.58. The summed E-state index contributed by atoms with van der Waals surface area (Å²) in [4.78, 5) is 9.99. The first-order valence-corrected chi connectivity index (χ1v) is 3.41. The van der Waals surface area contributed by atoms with Crippen molar-refractivity contribution in [2.45, 2.75) is 0 Å². The number of nitroso groups, excluding NO2 is 1. The molecule has 0 aliphatic heterocycles. The summed E-state index contributed by atoms with van der Waals surface area (Å²) in [5, 5.41) is 2.72. The van der Waals surface area contributed by atoms with Crippen LogP contribution < -0.4 is 5.46 Å². The topological polar surface area (TPSA) is 29.4 Å². The smallest absolute Gasteiger partial charge is 0.117 e. The predicted octanol–water partition coefficient (Wildman–Crippen LogP) is 1.64. The lowest BCUT2D eigenvalue weighted by Gasteiger charge is -1.95. The summed E-state index contributed by atoms with van der Waals surface area (Å²) in [6, 6.07) is 4.91. The van der Waals surface area contributed by atoms with E-state index in [0.29, 0.717) is 5.46 Å². The average molecular weight is 196 g/mol. The predicted molar refractivity (Wildman–Crippen MR) is 45.0 cm³/mol. The maximum atomic E-state index is 9.99. The van der Waals surface area contributed by atoms with Gasteiger partial charge in [0.25, 0.3) is 0 Å². The normalized spacial score (nSPS) is 9.30. The summed E-state index contributed by atoms with van der Waals surface area (Å²) < 4.78 is 0.845. The lowest BCUT2D eigenvalue weighted by atomic mass is 9.95. The van der Waals surface area contributed by atoms with Crippen LogP contribution in [-0.4, -0.2) is 7.85 Å². The zero-order chi connectivity index (χ0) is 7.56. The first-order chi connectivity index (χ1) is 4.74. The molecule has 10 heavy (non-hydrogen) atoms. The van der Waals surface area contributed by atoms with Gasteiger partial charge in [-0.15, -0.1) is 4.91 Å². The van der Waals surface area contributed by atoms with Crippen molar-refractivity contribution in [1.29, 1.82) is 0 Å². The second-order valence-corrected chi connectivity index (χ2v) is 2.71. The monoisotopic (exact) mass is 195 g/mol. The molecule has 0 aromatic heterocycles. The molecule has 0 saturated heterocycles. The van der Waals surface area contributed by atoms with E-state index in [9.17, 15) is 4.91 Å². The summed E-state index contributed by atoms with van der Waals surface area (Å²) in [7, 11) is 5.41. The van der Waals surface area contributed by atoms with Gasteiger partial charge in [-0.05, 0) is 17.3 Å². The summed E-state index contributed by atoms with van der Waals surface area (Å²) in [6.45, 7) is 0.